The highest BCUT2D eigenvalue weighted by Gasteiger charge is 2.20. The lowest BCUT2D eigenvalue weighted by atomic mass is 10.00. The molecule has 14 heavy (non-hydrogen) atoms. The predicted molar refractivity (Wildman–Crippen MR) is 47.6 cm³/mol. The molecule has 0 spiro atoms. The van der Waals surface area contributed by atoms with Crippen molar-refractivity contribution in [1.82, 2.24) is 20.5 Å². The zero-order valence-electron chi connectivity index (χ0n) is 7.69. The Bertz CT molecular complexity index is 407. The molecular weight excluding hydrogens is 184 g/mol. The van der Waals surface area contributed by atoms with Gasteiger partial charge in [0.1, 0.15) is 5.69 Å². The molecule has 0 aliphatic heterocycles. The second kappa shape index (κ2) is 3.13. The highest BCUT2D eigenvalue weighted by molar-refractivity contribution is 5.98. The number of amides is 1. The quantitative estimate of drug-likeness (QED) is 0.595. The standard InChI is InChI=1S/C8H10N4O2/c1-9-8(13)5-2-3-6-7(4-5)12(14)11-10-6/h4,14H,2-3H2,1H3,(H,9,13). The molecule has 6 heteroatoms. The minimum atomic E-state index is -0.128. The van der Waals surface area contributed by atoms with Crippen molar-refractivity contribution in [2.24, 2.45) is 0 Å². The van der Waals surface area contributed by atoms with E-state index < -0.39 is 0 Å². The van der Waals surface area contributed by atoms with Gasteiger partial charge in [0.25, 0.3) is 0 Å². The summed E-state index contributed by atoms with van der Waals surface area (Å²) in [5, 5.41) is 19.0. The first kappa shape index (κ1) is 8.74. The fourth-order valence-corrected chi connectivity index (χ4v) is 1.46. The van der Waals surface area contributed by atoms with Crippen molar-refractivity contribution in [2.75, 3.05) is 7.05 Å². The van der Waals surface area contributed by atoms with Crippen LogP contribution in [0.25, 0.3) is 6.08 Å². The first-order chi connectivity index (χ1) is 6.72. The van der Waals surface area contributed by atoms with Gasteiger partial charge in [-0.2, -0.15) is 0 Å². The Kier molecular flexibility index (Phi) is 1.95. The van der Waals surface area contributed by atoms with Crippen LogP contribution in [0.1, 0.15) is 17.8 Å². The average Bonchev–Trinajstić information content (AvgIpc) is 2.59. The molecule has 0 fully saturated rings. The van der Waals surface area contributed by atoms with Crippen molar-refractivity contribution in [2.45, 2.75) is 12.8 Å². The Morgan fingerprint density at radius 1 is 1.64 bits per heavy atom. The van der Waals surface area contributed by atoms with Crippen molar-refractivity contribution in [1.29, 1.82) is 0 Å². The summed E-state index contributed by atoms with van der Waals surface area (Å²) < 4.78 is 0. The number of fused-ring (bicyclic) bond motifs is 1. The van der Waals surface area contributed by atoms with Crippen LogP contribution in [-0.2, 0) is 11.2 Å². The lowest BCUT2D eigenvalue weighted by molar-refractivity contribution is -0.117. The summed E-state index contributed by atoms with van der Waals surface area (Å²) in [5.41, 5.74) is 1.85. The van der Waals surface area contributed by atoms with Crippen LogP contribution in [0.15, 0.2) is 5.57 Å². The molecular formula is C8H10N4O2. The van der Waals surface area contributed by atoms with Crippen molar-refractivity contribution in [3.05, 3.63) is 17.0 Å². The van der Waals surface area contributed by atoms with Gasteiger partial charge in [0.2, 0.25) is 5.91 Å². The number of likely N-dealkylation sites (N-methyl/N-ethyl adjacent to an activating group) is 1. The van der Waals surface area contributed by atoms with Crippen molar-refractivity contribution < 1.29 is 10.0 Å². The predicted octanol–water partition coefficient (Wildman–Crippen LogP) is -0.409. The molecule has 0 atom stereocenters. The maximum Gasteiger partial charge on any atom is 0.247 e. The largest absolute Gasteiger partial charge is 0.410 e. The number of hydrogen-bond donors (Lipinski definition) is 2. The Hall–Kier alpha value is -1.85. The third-order valence-electron chi connectivity index (χ3n) is 2.22. The third-order valence-corrected chi connectivity index (χ3v) is 2.22. The van der Waals surface area contributed by atoms with Crippen LogP contribution in [0.4, 0.5) is 0 Å². The number of carbonyl (C=O) groups excluding carboxylic acids is 1. The van der Waals surface area contributed by atoms with Crippen LogP contribution in [0, 0.1) is 0 Å². The number of carbonyl (C=O) groups is 1. The number of nitrogens with one attached hydrogen (secondary N) is 1. The number of hydrogen-bond acceptors (Lipinski definition) is 4. The summed E-state index contributed by atoms with van der Waals surface area (Å²) >= 11 is 0. The Morgan fingerprint density at radius 3 is 3.14 bits per heavy atom. The molecule has 0 aromatic carbocycles. The van der Waals surface area contributed by atoms with Gasteiger partial charge >= 0.3 is 0 Å². The molecule has 1 heterocycles. The fraction of sp³-hybridized carbons (Fsp3) is 0.375. The number of nitrogens with zero attached hydrogens (tertiary/aromatic N) is 3. The zero-order valence-corrected chi connectivity index (χ0v) is 7.69. The summed E-state index contributed by atoms with van der Waals surface area (Å²) in [6.45, 7) is 0. The van der Waals surface area contributed by atoms with Crippen molar-refractivity contribution in [3.63, 3.8) is 0 Å². The average molecular weight is 194 g/mol. The van der Waals surface area contributed by atoms with Gasteiger partial charge in [0.05, 0.1) is 5.69 Å². The van der Waals surface area contributed by atoms with Crippen LogP contribution in [-0.4, -0.2) is 33.3 Å². The molecule has 0 unspecified atom stereocenters. The van der Waals surface area contributed by atoms with Crippen LogP contribution in [0.3, 0.4) is 0 Å². The summed E-state index contributed by atoms with van der Waals surface area (Å²) in [4.78, 5) is 12.0. The highest BCUT2D eigenvalue weighted by atomic mass is 16.5. The zero-order chi connectivity index (χ0) is 10.1. The van der Waals surface area contributed by atoms with Gasteiger partial charge in [-0.15, -0.1) is 5.10 Å². The molecule has 0 saturated heterocycles. The summed E-state index contributed by atoms with van der Waals surface area (Å²) in [6, 6.07) is 0. The van der Waals surface area contributed by atoms with E-state index in [1.165, 1.54) is 0 Å². The van der Waals surface area contributed by atoms with E-state index >= 15 is 0 Å². The van der Waals surface area contributed by atoms with Crippen molar-refractivity contribution >= 4 is 12.0 Å². The molecule has 2 rings (SSSR count). The second-order valence-electron chi connectivity index (χ2n) is 3.06. The molecule has 0 radical (unpaired) electrons. The molecule has 1 aliphatic carbocycles. The molecule has 2 N–H and O–H groups in total. The van der Waals surface area contributed by atoms with Gasteiger partial charge in [0.15, 0.2) is 0 Å². The number of aromatic nitrogens is 3. The minimum Gasteiger partial charge on any atom is -0.410 e. The maximum absolute atomic E-state index is 11.3. The normalized spacial score (nSPS) is 14.5. The smallest absolute Gasteiger partial charge is 0.247 e. The minimum absolute atomic E-state index is 0.128. The van der Waals surface area contributed by atoms with Gasteiger partial charge < -0.3 is 10.5 Å². The van der Waals surface area contributed by atoms with Gasteiger partial charge in [-0.05, 0) is 24.1 Å². The molecule has 0 saturated carbocycles. The van der Waals surface area contributed by atoms with Crippen LogP contribution in [0.2, 0.25) is 0 Å². The van der Waals surface area contributed by atoms with E-state index in [2.05, 4.69) is 15.6 Å². The van der Waals surface area contributed by atoms with E-state index in [1.54, 1.807) is 13.1 Å². The molecule has 1 amide bonds. The van der Waals surface area contributed by atoms with Gasteiger partial charge in [-0.3, -0.25) is 4.79 Å². The molecule has 1 aromatic rings. The van der Waals surface area contributed by atoms with Crippen LogP contribution < -0.4 is 5.32 Å². The first-order valence-electron chi connectivity index (χ1n) is 4.29. The van der Waals surface area contributed by atoms with Crippen LogP contribution in [0.5, 0.6) is 0 Å². The monoisotopic (exact) mass is 194 g/mol. The molecule has 1 aromatic heterocycles. The van der Waals surface area contributed by atoms with E-state index in [4.69, 9.17) is 0 Å². The Balaban J connectivity index is 2.39. The number of aryl methyl sites for hydroxylation is 1. The molecule has 0 bridgehead atoms. The number of rotatable bonds is 1. The highest BCUT2D eigenvalue weighted by Crippen LogP contribution is 2.21. The summed E-state index contributed by atoms with van der Waals surface area (Å²) in [6.07, 6.45) is 2.87. The molecule has 6 nitrogen and oxygen atoms in total. The maximum atomic E-state index is 11.3. The Labute approximate surface area is 80.2 Å². The summed E-state index contributed by atoms with van der Waals surface area (Å²) in [7, 11) is 1.58. The van der Waals surface area contributed by atoms with Gasteiger partial charge in [-0.25, -0.2) is 0 Å². The van der Waals surface area contributed by atoms with Crippen molar-refractivity contribution in [3.8, 4) is 0 Å². The third kappa shape index (κ3) is 1.24. The molecule has 74 valence electrons. The fourth-order valence-electron chi connectivity index (χ4n) is 1.46. The lowest BCUT2D eigenvalue weighted by Crippen LogP contribution is -2.22. The SMILES string of the molecule is CNC(=O)C1=Cc2c(nnn2O)CC1. The second-order valence-corrected chi connectivity index (χ2v) is 3.06. The topological polar surface area (TPSA) is 80.0 Å². The Morgan fingerprint density at radius 2 is 2.43 bits per heavy atom. The van der Waals surface area contributed by atoms with E-state index in [1.807, 2.05) is 0 Å². The van der Waals surface area contributed by atoms with Gasteiger partial charge in [0, 0.05) is 12.6 Å². The van der Waals surface area contributed by atoms with E-state index in [0.29, 0.717) is 29.0 Å². The van der Waals surface area contributed by atoms with Crippen LogP contribution >= 0.6 is 0 Å². The molecule has 1 aliphatic rings. The summed E-state index contributed by atoms with van der Waals surface area (Å²) in [5.74, 6) is -0.128. The van der Waals surface area contributed by atoms with E-state index in [-0.39, 0.29) is 5.91 Å². The first-order valence-corrected chi connectivity index (χ1v) is 4.29. The van der Waals surface area contributed by atoms with E-state index in [9.17, 15) is 10.0 Å². The van der Waals surface area contributed by atoms with Gasteiger partial charge in [-0.1, -0.05) is 4.85 Å². The van der Waals surface area contributed by atoms with E-state index in [0.717, 1.165) is 5.69 Å². The lowest BCUT2D eigenvalue weighted by Gasteiger charge is -2.10.